The summed E-state index contributed by atoms with van der Waals surface area (Å²) in [5, 5.41) is 0. The molecule has 4 nitrogen and oxygen atoms in total. The standard InChI is InChI=1S/C14H16O4/c15-14(9-2-4-11-13(6-9)18-11)16-7-8-1-3-10-12(5-8)17-10/h5-6,10-13H,1-4,7H2. The van der Waals surface area contributed by atoms with Crippen LogP contribution in [0.5, 0.6) is 0 Å². The first-order valence-corrected chi connectivity index (χ1v) is 6.68. The molecule has 4 aliphatic rings. The van der Waals surface area contributed by atoms with Gasteiger partial charge in [0, 0.05) is 5.57 Å². The van der Waals surface area contributed by atoms with E-state index in [0.717, 1.165) is 31.3 Å². The molecule has 0 saturated carbocycles. The van der Waals surface area contributed by atoms with Crippen molar-refractivity contribution in [2.75, 3.05) is 6.61 Å². The number of carbonyl (C=O) groups excluding carboxylic acids is 1. The molecule has 0 spiro atoms. The molecule has 0 amide bonds. The SMILES string of the molecule is O=C(OCC1=CC2OC2CC1)C1=CC2OC2CC1. The van der Waals surface area contributed by atoms with Crippen molar-refractivity contribution in [2.24, 2.45) is 0 Å². The molecule has 0 aromatic heterocycles. The Morgan fingerprint density at radius 3 is 2.61 bits per heavy atom. The smallest absolute Gasteiger partial charge is 0.334 e. The average Bonchev–Trinajstić information content (AvgIpc) is 3.26. The van der Waals surface area contributed by atoms with Crippen LogP contribution >= 0.6 is 0 Å². The molecule has 0 aromatic rings. The highest BCUT2D eigenvalue weighted by Crippen LogP contribution is 2.36. The van der Waals surface area contributed by atoms with E-state index in [-0.39, 0.29) is 12.1 Å². The van der Waals surface area contributed by atoms with E-state index < -0.39 is 0 Å². The monoisotopic (exact) mass is 248 g/mol. The second-order valence-electron chi connectivity index (χ2n) is 5.45. The van der Waals surface area contributed by atoms with Gasteiger partial charge in [0.2, 0.25) is 0 Å². The van der Waals surface area contributed by atoms with E-state index in [1.165, 1.54) is 5.57 Å². The molecule has 4 atom stereocenters. The van der Waals surface area contributed by atoms with Crippen LogP contribution in [0, 0.1) is 0 Å². The average molecular weight is 248 g/mol. The highest BCUT2D eigenvalue weighted by atomic mass is 16.6. The maximum atomic E-state index is 11.9. The Balaban J connectivity index is 1.33. The van der Waals surface area contributed by atoms with Crippen molar-refractivity contribution in [1.82, 2.24) is 0 Å². The summed E-state index contributed by atoms with van der Waals surface area (Å²) in [7, 11) is 0. The van der Waals surface area contributed by atoms with Gasteiger partial charge in [-0.1, -0.05) is 6.08 Å². The maximum Gasteiger partial charge on any atom is 0.334 e. The molecule has 2 aliphatic heterocycles. The lowest BCUT2D eigenvalue weighted by atomic mass is 9.99. The van der Waals surface area contributed by atoms with Crippen LogP contribution in [-0.4, -0.2) is 37.0 Å². The Morgan fingerprint density at radius 1 is 1.17 bits per heavy atom. The Bertz CT molecular complexity index is 451. The van der Waals surface area contributed by atoms with Crippen LogP contribution in [0.4, 0.5) is 0 Å². The number of epoxide rings is 2. The summed E-state index contributed by atoms with van der Waals surface area (Å²) in [5.74, 6) is -0.177. The molecule has 2 saturated heterocycles. The lowest BCUT2D eigenvalue weighted by Crippen LogP contribution is -2.15. The summed E-state index contributed by atoms with van der Waals surface area (Å²) in [6, 6.07) is 0. The van der Waals surface area contributed by atoms with E-state index in [4.69, 9.17) is 14.2 Å². The number of hydrogen-bond acceptors (Lipinski definition) is 4. The second kappa shape index (κ2) is 3.93. The topological polar surface area (TPSA) is 51.4 Å². The van der Waals surface area contributed by atoms with Crippen LogP contribution in [0.25, 0.3) is 0 Å². The highest BCUT2D eigenvalue weighted by Gasteiger charge is 2.41. The number of ether oxygens (including phenoxy) is 3. The van der Waals surface area contributed by atoms with Gasteiger partial charge in [0.1, 0.15) is 18.8 Å². The summed E-state index contributed by atoms with van der Waals surface area (Å²) in [4.78, 5) is 11.9. The summed E-state index contributed by atoms with van der Waals surface area (Å²) in [6.45, 7) is 0.414. The van der Waals surface area contributed by atoms with Crippen molar-refractivity contribution in [1.29, 1.82) is 0 Å². The number of fused-ring (bicyclic) bond motifs is 2. The minimum absolute atomic E-state index is 0.177. The van der Waals surface area contributed by atoms with Crippen LogP contribution in [0.1, 0.15) is 25.7 Å². The van der Waals surface area contributed by atoms with Crippen LogP contribution in [0.15, 0.2) is 23.3 Å². The first-order valence-electron chi connectivity index (χ1n) is 6.68. The molecule has 0 aromatic carbocycles. The lowest BCUT2D eigenvalue weighted by molar-refractivity contribution is -0.138. The Hall–Kier alpha value is -1.13. The zero-order chi connectivity index (χ0) is 12.1. The van der Waals surface area contributed by atoms with E-state index >= 15 is 0 Å². The molecule has 18 heavy (non-hydrogen) atoms. The van der Waals surface area contributed by atoms with E-state index in [2.05, 4.69) is 6.08 Å². The normalized spacial score (nSPS) is 40.0. The zero-order valence-electron chi connectivity index (χ0n) is 10.1. The number of carbonyl (C=O) groups is 1. The van der Waals surface area contributed by atoms with Gasteiger partial charge in [-0.3, -0.25) is 0 Å². The van der Waals surface area contributed by atoms with Gasteiger partial charge in [0.05, 0.1) is 12.2 Å². The van der Waals surface area contributed by atoms with Gasteiger partial charge in [-0.05, 0) is 37.3 Å². The molecular weight excluding hydrogens is 232 g/mol. The predicted octanol–water partition coefficient (Wildman–Crippen LogP) is 1.50. The van der Waals surface area contributed by atoms with Gasteiger partial charge < -0.3 is 14.2 Å². The Morgan fingerprint density at radius 2 is 1.89 bits per heavy atom. The van der Waals surface area contributed by atoms with Crippen molar-refractivity contribution < 1.29 is 19.0 Å². The third-order valence-corrected chi connectivity index (χ3v) is 4.11. The predicted molar refractivity (Wildman–Crippen MR) is 62.9 cm³/mol. The van der Waals surface area contributed by atoms with E-state index in [0.29, 0.717) is 24.9 Å². The van der Waals surface area contributed by atoms with Crippen molar-refractivity contribution in [2.45, 2.75) is 50.1 Å². The molecule has 4 unspecified atom stereocenters. The summed E-state index contributed by atoms with van der Waals surface area (Å²) >= 11 is 0. The molecule has 2 fully saturated rings. The van der Waals surface area contributed by atoms with Gasteiger partial charge in [-0.25, -0.2) is 4.79 Å². The molecule has 96 valence electrons. The molecule has 4 heteroatoms. The largest absolute Gasteiger partial charge is 0.458 e. The van der Waals surface area contributed by atoms with Gasteiger partial charge in [-0.15, -0.1) is 0 Å². The number of rotatable bonds is 3. The van der Waals surface area contributed by atoms with Gasteiger partial charge in [-0.2, -0.15) is 0 Å². The van der Waals surface area contributed by atoms with Crippen molar-refractivity contribution in [3.63, 3.8) is 0 Å². The van der Waals surface area contributed by atoms with Gasteiger partial charge in [0.15, 0.2) is 0 Å². The van der Waals surface area contributed by atoms with Crippen LogP contribution in [0.2, 0.25) is 0 Å². The highest BCUT2D eigenvalue weighted by molar-refractivity contribution is 5.89. The Kier molecular flexibility index (Phi) is 2.35. The lowest BCUT2D eigenvalue weighted by Gasteiger charge is -2.13. The number of esters is 1. The molecule has 2 aliphatic carbocycles. The van der Waals surface area contributed by atoms with Crippen LogP contribution in [0.3, 0.4) is 0 Å². The fraction of sp³-hybridized carbons (Fsp3) is 0.643. The molecule has 0 bridgehead atoms. The maximum absolute atomic E-state index is 11.9. The molecule has 2 heterocycles. The minimum atomic E-state index is -0.177. The summed E-state index contributed by atoms with van der Waals surface area (Å²) in [6.07, 6.45) is 9.09. The van der Waals surface area contributed by atoms with Crippen LogP contribution < -0.4 is 0 Å². The van der Waals surface area contributed by atoms with Gasteiger partial charge in [0.25, 0.3) is 0 Å². The summed E-state index contributed by atoms with van der Waals surface area (Å²) < 4.78 is 16.1. The third-order valence-electron chi connectivity index (χ3n) is 4.11. The minimum Gasteiger partial charge on any atom is -0.458 e. The quantitative estimate of drug-likeness (QED) is 0.431. The van der Waals surface area contributed by atoms with Crippen molar-refractivity contribution >= 4 is 5.97 Å². The van der Waals surface area contributed by atoms with E-state index in [1.54, 1.807) is 0 Å². The van der Waals surface area contributed by atoms with E-state index in [1.807, 2.05) is 6.08 Å². The zero-order valence-corrected chi connectivity index (χ0v) is 10.1. The molecule has 0 N–H and O–H groups in total. The second-order valence-corrected chi connectivity index (χ2v) is 5.45. The summed E-state index contributed by atoms with van der Waals surface area (Å²) in [5.41, 5.74) is 1.98. The first kappa shape index (κ1) is 10.8. The fourth-order valence-electron chi connectivity index (χ4n) is 2.83. The van der Waals surface area contributed by atoms with E-state index in [9.17, 15) is 4.79 Å². The number of hydrogen-bond donors (Lipinski definition) is 0. The van der Waals surface area contributed by atoms with Crippen molar-refractivity contribution in [3.05, 3.63) is 23.3 Å². The van der Waals surface area contributed by atoms with Gasteiger partial charge >= 0.3 is 5.97 Å². The molecule has 4 rings (SSSR count). The Labute approximate surface area is 106 Å². The third kappa shape index (κ3) is 1.99. The fourth-order valence-corrected chi connectivity index (χ4v) is 2.83. The van der Waals surface area contributed by atoms with Crippen molar-refractivity contribution in [3.8, 4) is 0 Å². The molecular formula is C14H16O4. The first-order chi connectivity index (χ1) is 8.79. The van der Waals surface area contributed by atoms with Crippen LogP contribution in [-0.2, 0) is 19.0 Å². The molecule has 0 radical (unpaired) electrons.